The second-order valence-corrected chi connectivity index (χ2v) is 4.97. The van der Waals surface area contributed by atoms with Crippen molar-refractivity contribution in [2.24, 2.45) is 0 Å². The van der Waals surface area contributed by atoms with Crippen molar-refractivity contribution in [1.82, 2.24) is 4.98 Å². The third-order valence-electron chi connectivity index (χ3n) is 2.61. The minimum atomic E-state index is 0.359. The molecule has 2 aromatic rings. The lowest BCUT2D eigenvalue weighted by molar-refractivity contribution is 0.301. The van der Waals surface area contributed by atoms with Crippen LogP contribution >= 0.6 is 23.2 Å². The molecule has 100 valence electrons. The number of rotatable bonds is 4. The molecule has 1 aromatic heterocycles. The molecule has 0 fully saturated rings. The summed E-state index contributed by atoms with van der Waals surface area (Å²) in [5.41, 5.74) is 1.70. The van der Waals surface area contributed by atoms with Crippen molar-refractivity contribution < 1.29 is 4.74 Å². The zero-order valence-electron chi connectivity index (χ0n) is 10.7. The van der Waals surface area contributed by atoms with Crippen molar-refractivity contribution >= 4 is 28.9 Å². The van der Waals surface area contributed by atoms with Crippen LogP contribution in [0, 0.1) is 0 Å². The smallest absolute Gasteiger partial charge is 0.140 e. The summed E-state index contributed by atoms with van der Waals surface area (Å²) in [6.45, 7) is 0.359. The molecule has 0 aliphatic carbocycles. The molecule has 0 spiro atoms. The Bertz CT molecular complexity index is 559. The molecule has 0 bridgehead atoms. The van der Waals surface area contributed by atoms with Gasteiger partial charge in [0.15, 0.2) is 0 Å². The lowest BCUT2D eigenvalue weighted by atomic mass is 10.3. The lowest BCUT2D eigenvalue weighted by Crippen LogP contribution is -2.09. The second-order valence-electron chi connectivity index (χ2n) is 4.21. The quantitative estimate of drug-likeness (QED) is 0.852. The predicted molar refractivity (Wildman–Crippen MR) is 79.4 cm³/mol. The number of anilines is 1. The molecule has 3 nitrogen and oxygen atoms in total. The number of hydrogen-bond acceptors (Lipinski definition) is 3. The van der Waals surface area contributed by atoms with Gasteiger partial charge in [0.2, 0.25) is 0 Å². The van der Waals surface area contributed by atoms with Gasteiger partial charge >= 0.3 is 0 Å². The summed E-state index contributed by atoms with van der Waals surface area (Å²) >= 11 is 12.4. The van der Waals surface area contributed by atoms with Crippen LogP contribution in [0.4, 0.5) is 5.69 Å². The van der Waals surface area contributed by atoms with Gasteiger partial charge in [-0.3, -0.25) is 4.98 Å². The first-order valence-electron chi connectivity index (χ1n) is 5.77. The highest BCUT2D eigenvalue weighted by Crippen LogP contribution is 2.38. The predicted octanol–water partition coefficient (Wildman–Crippen LogP) is 4.03. The van der Waals surface area contributed by atoms with Crippen LogP contribution < -0.4 is 9.64 Å². The Morgan fingerprint density at radius 1 is 1.11 bits per heavy atom. The number of benzene rings is 1. The zero-order valence-corrected chi connectivity index (χ0v) is 12.2. The Morgan fingerprint density at radius 3 is 2.53 bits per heavy atom. The van der Waals surface area contributed by atoms with E-state index in [1.807, 2.05) is 49.3 Å². The van der Waals surface area contributed by atoms with E-state index in [1.54, 1.807) is 6.20 Å². The van der Waals surface area contributed by atoms with Gasteiger partial charge in [0.1, 0.15) is 17.4 Å². The average molecular weight is 297 g/mol. The van der Waals surface area contributed by atoms with E-state index < -0.39 is 0 Å². The number of nitrogens with zero attached hydrogens (tertiary/aromatic N) is 2. The molecule has 0 amide bonds. The SMILES string of the molecule is CN(C)c1ccc(OCc2ccccn2)c(Cl)c1Cl. The van der Waals surface area contributed by atoms with Gasteiger partial charge in [-0.1, -0.05) is 29.3 Å². The van der Waals surface area contributed by atoms with Crippen LogP contribution in [0.1, 0.15) is 5.69 Å². The van der Waals surface area contributed by atoms with Crippen LogP contribution in [0.25, 0.3) is 0 Å². The van der Waals surface area contributed by atoms with Gasteiger partial charge in [0.05, 0.1) is 16.4 Å². The highest BCUT2D eigenvalue weighted by Gasteiger charge is 2.12. The van der Waals surface area contributed by atoms with Gasteiger partial charge in [-0.2, -0.15) is 0 Å². The average Bonchev–Trinajstić information content (AvgIpc) is 2.41. The van der Waals surface area contributed by atoms with Crippen molar-refractivity contribution in [3.63, 3.8) is 0 Å². The fourth-order valence-electron chi connectivity index (χ4n) is 1.61. The monoisotopic (exact) mass is 296 g/mol. The highest BCUT2D eigenvalue weighted by molar-refractivity contribution is 6.44. The molecule has 0 saturated heterocycles. The Hall–Kier alpha value is -1.45. The van der Waals surface area contributed by atoms with E-state index >= 15 is 0 Å². The molecule has 1 heterocycles. The van der Waals surface area contributed by atoms with Crippen LogP contribution in [-0.4, -0.2) is 19.1 Å². The minimum absolute atomic E-state index is 0.359. The molecule has 0 aliphatic heterocycles. The Labute approximate surface area is 122 Å². The molecule has 0 aliphatic rings. The number of halogens is 2. The van der Waals surface area contributed by atoms with E-state index in [0.717, 1.165) is 11.4 Å². The zero-order chi connectivity index (χ0) is 13.8. The number of aromatic nitrogens is 1. The van der Waals surface area contributed by atoms with Crippen molar-refractivity contribution in [2.75, 3.05) is 19.0 Å². The maximum absolute atomic E-state index is 6.21. The molecule has 19 heavy (non-hydrogen) atoms. The van der Waals surface area contributed by atoms with E-state index in [1.165, 1.54) is 0 Å². The molecule has 0 radical (unpaired) electrons. The van der Waals surface area contributed by atoms with Gasteiger partial charge in [-0.25, -0.2) is 0 Å². The van der Waals surface area contributed by atoms with Crippen molar-refractivity contribution in [3.8, 4) is 5.75 Å². The summed E-state index contributed by atoms with van der Waals surface area (Å²) in [6, 6.07) is 9.35. The van der Waals surface area contributed by atoms with Crippen LogP contribution in [-0.2, 0) is 6.61 Å². The summed E-state index contributed by atoms with van der Waals surface area (Å²) in [7, 11) is 3.82. The Morgan fingerprint density at radius 2 is 1.89 bits per heavy atom. The van der Waals surface area contributed by atoms with Gasteiger partial charge in [0, 0.05) is 20.3 Å². The molecule has 0 saturated carbocycles. The molecule has 0 N–H and O–H groups in total. The van der Waals surface area contributed by atoms with Gasteiger partial charge < -0.3 is 9.64 Å². The third-order valence-corrected chi connectivity index (χ3v) is 3.46. The van der Waals surface area contributed by atoms with Crippen LogP contribution in [0.15, 0.2) is 36.5 Å². The largest absolute Gasteiger partial charge is 0.486 e. The van der Waals surface area contributed by atoms with Crippen molar-refractivity contribution in [2.45, 2.75) is 6.61 Å². The summed E-state index contributed by atoms with van der Waals surface area (Å²) in [5, 5.41) is 0.911. The molecular formula is C14H14Cl2N2O. The molecule has 0 atom stereocenters. The van der Waals surface area contributed by atoms with E-state index in [9.17, 15) is 0 Å². The fraction of sp³-hybridized carbons (Fsp3) is 0.214. The third kappa shape index (κ3) is 3.31. The minimum Gasteiger partial charge on any atom is -0.486 e. The molecule has 1 aromatic carbocycles. The highest BCUT2D eigenvalue weighted by atomic mass is 35.5. The number of hydrogen-bond donors (Lipinski definition) is 0. The van der Waals surface area contributed by atoms with Crippen LogP contribution in [0.5, 0.6) is 5.75 Å². The normalized spacial score (nSPS) is 10.3. The van der Waals surface area contributed by atoms with Crippen molar-refractivity contribution in [3.05, 3.63) is 52.3 Å². The van der Waals surface area contributed by atoms with Gasteiger partial charge in [-0.15, -0.1) is 0 Å². The number of pyridine rings is 1. The van der Waals surface area contributed by atoms with Gasteiger partial charge in [0.25, 0.3) is 0 Å². The molecule has 0 unspecified atom stereocenters. The first-order valence-corrected chi connectivity index (χ1v) is 6.53. The topological polar surface area (TPSA) is 25.4 Å². The second kappa shape index (κ2) is 6.13. The Balaban J connectivity index is 2.16. The number of ether oxygens (including phenoxy) is 1. The standard InChI is InChI=1S/C14H14Cl2N2O/c1-18(2)11-6-7-12(14(16)13(11)15)19-9-10-5-3-4-8-17-10/h3-8H,9H2,1-2H3. The van der Waals surface area contributed by atoms with Gasteiger partial charge in [-0.05, 0) is 24.3 Å². The molecule has 2 rings (SSSR count). The van der Waals surface area contributed by atoms with Crippen LogP contribution in [0.2, 0.25) is 10.0 Å². The maximum Gasteiger partial charge on any atom is 0.140 e. The van der Waals surface area contributed by atoms with E-state index in [4.69, 9.17) is 27.9 Å². The Kier molecular flexibility index (Phi) is 4.51. The van der Waals surface area contributed by atoms with E-state index in [-0.39, 0.29) is 0 Å². The van der Waals surface area contributed by atoms with Crippen molar-refractivity contribution in [1.29, 1.82) is 0 Å². The summed E-state index contributed by atoms with van der Waals surface area (Å²) in [5.74, 6) is 0.558. The summed E-state index contributed by atoms with van der Waals surface area (Å²) in [6.07, 6.45) is 1.72. The molecule has 5 heteroatoms. The first kappa shape index (κ1) is 14.0. The summed E-state index contributed by atoms with van der Waals surface area (Å²) in [4.78, 5) is 6.08. The summed E-state index contributed by atoms with van der Waals surface area (Å²) < 4.78 is 5.64. The van der Waals surface area contributed by atoms with E-state index in [2.05, 4.69) is 4.98 Å². The molecular weight excluding hydrogens is 283 g/mol. The van der Waals surface area contributed by atoms with E-state index in [0.29, 0.717) is 22.4 Å². The lowest BCUT2D eigenvalue weighted by Gasteiger charge is -2.17. The van der Waals surface area contributed by atoms with Crippen LogP contribution in [0.3, 0.4) is 0 Å². The first-order chi connectivity index (χ1) is 9.09. The fourth-order valence-corrected chi connectivity index (χ4v) is 2.15. The maximum atomic E-state index is 6.21.